The number of aliphatic hydroxyl groups is 1. The first-order chi connectivity index (χ1) is 9.31. The van der Waals surface area contributed by atoms with Crippen LogP contribution in [0, 0.1) is 5.92 Å². The van der Waals surface area contributed by atoms with Crippen molar-refractivity contribution in [2.45, 2.75) is 44.9 Å². The predicted molar refractivity (Wildman–Crippen MR) is 68.7 cm³/mol. The Bertz CT molecular complexity index is 436. The highest BCUT2D eigenvalue weighted by Gasteiger charge is 2.44. The lowest BCUT2D eigenvalue weighted by Gasteiger charge is -2.25. The van der Waals surface area contributed by atoms with Crippen LogP contribution >= 0.6 is 0 Å². The Morgan fingerprint density at radius 3 is 2.45 bits per heavy atom. The Hall–Kier alpha value is -1.63. The number of hydrogen-bond donors (Lipinski definition) is 2. The van der Waals surface area contributed by atoms with Crippen molar-refractivity contribution in [3.8, 4) is 0 Å². The summed E-state index contributed by atoms with van der Waals surface area (Å²) in [6.45, 7) is 4.12. The lowest BCUT2D eigenvalue weighted by Crippen LogP contribution is -2.44. The molecule has 112 valence electrons. The third kappa shape index (κ3) is 2.63. The van der Waals surface area contributed by atoms with Gasteiger partial charge in [0, 0.05) is 32.0 Å². The molecular formula is C13H20N2O5. The molecule has 3 atom stereocenters. The summed E-state index contributed by atoms with van der Waals surface area (Å²) in [5.41, 5.74) is 0. The standard InChI is InChI=1S/C13H20N2O5/c1-7(2)14-5-8(3-11(14)17)12(18)15-6-9(16)4-10(15)13(19)20/h7-10,16H,3-6H2,1-2H3,(H,19,20)/t8?,9?,10-/m0/s1. The molecule has 0 spiro atoms. The summed E-state index contributed by atoms with van der Waals surface area (Å²) in [6.07, 6.45) is -0.635. The van der Waals surface area contributed by atoms with Crippen LogP contribution in [0.1, 0.15) is 26.7 Å². The minimum atomic E-state index is -1.11. The topological polar surface area (TPSA) is 98.2 Å². The second-order valence-electron chi connectivity index (χ2n) is 5.78. The first-order valence-corrected chi connectivity index (χ1v) is 6.82. The van der Waals surface area contributed by atoms with Crippen LogP contribution in [0.15, 0.2) is 0 Å². The number of carboxylic acids is 1. The van der Waals surface area contributed by atoms with Gasteiger partial charge in [-0.25, -0.2) is 4.79 Å². The van der Waals surface area contributed by atoms with Crippen LogP contribution in [0.25, 0.3) is 0 Å². The van der Waals surface area contributed by atoms with Crippen molar-refractivity contribution in [2.75, 3.05) is 13.1 Å². The zero-order valence-corrected chi connectivity index (χ0v) is 11.7. The largest absolute Gasteiger partial charge is 0.480 e. The van der Waals surface area contributed by atoms with Gasteiger partial charge in [-0.2, -0.15) is 0 Å². The third-order valence-corrected chi connectivity index (χ3v) is 3.98. The van der Waals surface area contributed by atoms with Crippen molar-refractivity contribution >= 4 is 17.8 Å². The molecule has 2 rings (SSSR count). The monoisotopic (exact) mass is 284 g/mol. The maximum absolute atomic E-state index is 12.4. The smallest absolute Gasteiger partial charge is 0.326 e. The van der Waals surface area contributed by atoms with E-state index in [2.05, 4.69) is 0 Å². The van der Waals surface area contributed by atoms with Gasteiger partial charge in [0.15, 0.2) is 0 Å². The van der Waals surface area contributed by atoms with E-state index in [1.165, 1.54) is 4.90 Å². The molecule has 0 aromatic rings. The van der Waals surface area contributed by atoms with Gasteiger partial charge < -0.3 is 20.0 Å². The van der Waals surface area contributed by atoms with Gasteiger partial charge >= 0.3 is 5.97 Å². The molecule has 20 heavy (non-hydrogen) atoms. The average molecular weight is 284 g/mol. The number of carbonyl (C=O) groups is 3. The molecule has 0 saturated carbocycles. The number of amides is 2. The number of aliphatic hydroxyl groups excluding tert-OH is 1. The summed E-state index contributed by atoms with van der Waals surface area (Å²) < 4.78 is 0. The fourth-order valence-corrected chi connectivity index (χ4v) is 2.92. The van der Waals surface area contributed by atoms with E-state index in [4.69, 9.17) is 5.11 Å². The summed E-state index contributed by atoms with van der Waals surface area (Å²) in [4.78, 5) is 38.2. The number of rotatable bonds is 3. The van der Waals surface area contributed by atoms with E-state index >= 15 is 0 Å². The molecule has 2 aliphatic heterocycles. The summed E-state index contributed by atoms with van der Waals surface area (Å²) in [7, 11) is 0. The lowest BCUT2D eigenvalue weighted by atomic mass is 10.1. The van der Waals surface area contributed by atoms with Gasteiger partial charge in [-0.05, 0) is 13.8 Å². The fraction of sp³-hybridized carbons (Fsp3) is 0.769. The van der Waals surface area contributed by atoms with E-state index < -0.39 is 24.0 Å². The normalized spacial score (nSPS) is 30.4. The minimum Gasteiger partial charge on any atom is -0.480 e. The summed E-state index contributed by atoms with van der Waals surface area (Å²) >= 11 is 0. The molecule has 2 fully saturated rings. The van der Waals surface area contributed by atoms with Crippen molar-refractivity contribution in [2.24, 2.45) is 5.92 Å². The third-order valence-electron chi connectivity index (χ3n) is 3.98. The molecule has 2 amide bonds. The molecule has 0 bridgehead atoms. The van der Waals surface area contributed by atoms with Crippen molar-refractivity contribution in [1.29, 1.82) is 0 Å². The molecule has 0 radical (unpaired) electrons. The molecule has 7 heteroatoms. The molecule has 0 aromatic heterocycles. The highest BCUT2D eigenvalue weighted by molar-refractivity contribution is 5.91. The van der Waals surface area contributed by atoms with Crippen molar-refractivity contribution in [3.63, 3.8) is 0 Å². The van der Waals surface area contributed by atoms with Crippen LogP contribution in [-0.2, 0) is 14.4 Å². The lowest BCUT2D eigenvalue weighted by molar-refractivity contribution is -0.149. The number of aliphatic carboxylic acids is 1. The van der Waals surface area contributed by atoms with Gasteiger partial charge in [-0.15, -0.1) is 0 Å². The molecule has 2 N–H and O–H groups in total. The van der Waals surface area contributed by atoms with Crippen molar-refractivity contribution in [1.82, 2.24) is 9.80 Å². The van der Waals surface area contributed by atoms with Gasteiger partial charge in [-0.3, -0.25) is 9.59 Å². The van der Waals surface area contributed by atoms with Crippen LogP contribution in [0.2, 0.25) is 0 Å². The van der Waals surface area contributed by atoms with Crippen molar-refractivity contribution in [3.05, 3.63) is 0 Å². The number of nitrogens with zero attached hydrogens (tertiary/aromatic N) is 2. The maximum atomic E-state index is 12.4. The zero-order valence-electron chi connectivity index (χ0n) is 11.7. The maximum Gasteiger partial charge on any atom is 0.326 e. The quantitative estimate of drug-likeness (QED) is 0.713. The van der Waals surface area contributed by atoms with Gasteiger partial charge in [0.1, 0.15) is 6.04 Å². The second kappa shape index (κ2) is 5.40. The van der Waals surface area contributed by atoms with Crippen molar-refractivity contribution < 1.29 is 24.6 Å². The zero-order chi connectivity index (χ0) is 15.0. The van der Waals surface area contributed by atoms with E-state index in [-0.39, 0.29) is 37.2 Å². The van der Waals surface area contributed by atoms with Crippen LogP contribution < -0.4 is 0 Å². The van der Waals surface area contributed by atoms with E-state index in [0.717, 1.165) is 0 Å². The molecular weight excluding hydrogens is 264 g/mol. The minimum absolute atomic E-state index is 0.0275. The molecule has 2 aliphatic rings. The number of carbonyl (C=O) groups excluding carboxylic acids is 2. The molecule has 7 nitrogen and oxygen atoms in total. The number of β-amino-alcohol motifs (C(OH)–C–C–N with tert-alkyl or cyclic N) is 1. The number of hydrogen-bond acceptors (Lipinski definition) is 4. The highest BCUT2D eigenvalue weighted by atomic mass is 16.4. The number of carboxylic acid groups (broad SMARTS) is 1. The van der Waals surface area contributed by atoms with Gasteiger partial charge in [-0.1, -0.05) is 0 Å². The summed E-state index contributed by atoms with van der Waals surface area (Å²) in [5, 5.41) is 18.7. The molecule has 0 aliphatic carbocycles. The molecule has 2 unspecified atom stereocenters. The van der Waals surface area contributed by atoms with Gasteiger partial charge in [0.25, 0.3) is 0 Å². The van der Waals surface area contributed by atoms with E-state index in [1.54, 1.807) is 4.90 Å². The van der Waals surface area contributed by atoms with E-state index in [9.17, 15) is 19.5 Å². The summed E-state index contributed by atoms with van der Waals surface area (Å²) in [5.74, 6) is -2.03. The second-order valence-corrected chi connectivity index (χ2v) is 5.78. The Balaban J connectivity index is 2.08. The van der Waals surface area contributed by atoms with Crippen LogP contribution in [0.5, 0.6) is 0 Å². The first kappa shape index (κ1) is 14.8. The fourth-order valence-electron chi connectivity index (χ4n) is 2.92. The SMILES string of the molecule is CC(C)N1CC(C(=O)N2CC(O)C[C@H]2C(=O)O)CC1=O. The van der Waals surface area contributed by atoms with E-state index in [1.807, 2.05) is 13.8 Å². The summed E-state index contributed by atoms with van der Waals surface area (Å²) in [6, 6.07) is -0.958. The average Bonchev–Trinajstić information content (AvgIpc) is 2.91. The Labute approximate surface area is 117 Å². The number of likely N-dealkylation sites (tertiary alicyclic amines) is 2. The Morgan fingerprint density at radius 2 is 1.95 bits per heavy atom. The Morgan fingerprint density at radius 1 is 1.30 bits per heavy atom. The molecule has 0 aromatic carbocycles. The van der Waals surface area contributed by atoms with E-state index in [0.29, 0.717) is 6.54 Å². The van der Waals surface area contributed by atoms with Gasteiger partial charge in [0.05, 0.1) is 12.0 Å². The Kier molecular flexibility index (Phi) is 3.99. The highest BCUT2D eigenvalue weighted by Crippen LogP contribution is 2.26. The van der Waals surface area contributed by atoms with Crippen LogP contribution in [0.4, 0.5) is 0 Å². The first-order valence-electron chi connectivity index (χ1n) is 6.82. The molecule has 2 saturated heterocycles. The van der Waals surface area contributed by atoms with Crippen LogP contribution in [-0.4, -0.2) is 69.1 Å². The molecule has 2 heterocycles. The predicted octanol–water partition coefficient (Wildman–Crippen LogP) is -0.710. The van der Waals surface area contributed by atoms with Crippen LogP contribution in [0.3, 0.4) is 0 Å². The van der Waals surface area contributed by atoms with Gasteiger partial charge in [0.2, 0.25) is 11.8 Å².